The summed E-state index contributed by atoms with van der Waals surface area (Å²) in [5.74, 6) is 0.473. The normalized spacial score (nSPS) is 10.2. The Morgan fingerprint density at radius 2 is 1.95 bits per heavy atom. The van der Waals surface area contributed by atoms with Gasteiger partial charge in [0.1, 0.15) is 0 Å². The van der Waals surface area contributed by atoms with Crippen molar-refractivity contribution >= 4 is 12.4 Å². The molecule has 0 bridgehead atoms. The summed E-state index contributed by atoms with van der Waals surface area (Å²) in [6.07, 6.45) is 2.34. The van der Waals surface area contributed by atoms with Gasteiger partial charge in [-0.15, -0.1) is 12.1 Å². The summed E-state index contributed by atoms with van der Waals surface area (Å²) in [5.41, 5.74) is 0.833. The first kappa shape index (κ1) is 19.7. The van der Waals surface area contributed by atoms with Crippen LogP contribution in [0, 0.1) is 6.07 Å². The summed E-state index contributed by atoms with van der Waals surface area (Å²) < 4.78 is 5.39. The molecule has 0 aromatic heterocycles. The number of aryl methyl sites for hydroxylation is 1. The molecule has 0 heterocycles. The molecule has 0 aliphatic heterocycles. The second kappa shape index (κ2) is 9.59. The van der Waals surface area contributed by atoms with E-state index in [9.17, 15) is 9.59 Å². The average molecular weight is 330 g/mol. The predicted molar refractivity (Wildman–Crippen MR) is 77.4 cm³/mol. The van der Waals surface area contributed by atoms with Crippen LogP contribution in [0.4, 0.5) is 4.79 Å². The summed E-state index contributed by atoms with van der Waals surface area (Å²) in [7, 11) is 0. The van der Waals surface area contributed by atoms with Crippen LogP contribution in [0.15, 0.2) is 18.2 Å². The number of hydrogen-bond acceptors (Lipinski definition) is 3. The van der Waals surface area contributed by atoms with Crippen molar-refractivity contribution in [2.24, 2.45) is 0 Å². The molecule has 0 aliphatic carbocycles. The van der Waals surface area contributed by atoms with Gasteiger partial charge in [0.25, 0.3) is 0 Å². The Kier molecular flexibility index (Phi) is 8.98. The van der Waals surface area contributed by atoms with E-state index in [1.165, 1.54) is 0 Å². The zero-order chi connectivity index (χ0) is 15.1. The Balaban J connectivity index is 0.00000400. The van der Waals surface area contributed by atoms with E-state index in [-0.39, 0.29) is 35.2 Å². The average Bonchev–Trinajstić information content (AvgIpc) is 2.35. The van der Waals surface area contributed by atoms with Crippen LogP contribution in [0.5, 0.6) is 5.75 Å². The van der Waals surface area contributed by atoms with Gasteiger partial charge in [-0.05, 0) is 27.7 Å². The molecule has 21 heavy (non-hydrogen) atoms. The molecule has 5 heteroatoms. The minimum Gasteiger partial charge on any atom is -0.542 e. The van der Waals surface area contributed by atoms with Crippen molar-refractivity contribution in [1.82, 2.24) is 4.90 Å². The van der Waals surface area contributed by atoms with E-state index in [4.69, 9.17) is 4.74 Å². The van der Waals surface area contributed by atoms with Crippen LogP contribution < -0.4 is 4.74 Å². The van der Waals surface area contributed by atoms with Gasteiger partial charge in [-0.1, -0.05) is 6.42 Å². The van der Waals surface area contributed by atoms with Crippen molar-refractivity contribution in [3.63, 3.8) is 0 Å². The number of rotatable bonds is 6. The Hall–Kier alpha value is -1.32. The van der Waals surface area contributed by atoms with E-state index in [0.29, 0.717) is 18.6 Å². The van der Waals surface area contributed by atoms with Crippen molar-refractivity contribution in [1.29, 1.82) is 0 Å². The van der Waals surface area contributed by atoms with E-state index in [0.717, 1.165) is 5.56 Å². The van der Waals surface area contributed by atoms with Crippen LogP contribution >= 0.6 is 0 Å². The molecule has 1 rings (SSSR count). The molecule has 0 unspecified atom stereocenters. The van der Waals surface area contributed by atoms with E-state index in [1.54, 1.807) is 23.1 Å². The Bertz CT molecular complexity index is 453. The smallest absolute Gasteiger partial charge is 0.542 e. The molecular weight excluding hydrogens is 309 g/mol. The van der Waals surface area contributed by atoms with E-state index in [2.05, 4.69) is 6.07 Å². The third kappa shape index (κ3) is 6.32. The van der Waals surface area contributed by atoms with Gasteiger partial charge in [-0.2, -0.15) is 24.1 Å². The maximum atomic E-state index is 12.2. The first-order chi connectivity index (χ1) is 9.45. The molecule has 0 atom stereocenters. The van der Waals surface area contributed by atoms with Crippen LogP contribution in [0.1, 0.15) is 39.7 Å². The SMILES string of the molecule is CC(C)N(C(=O)Oc1cc[c-]c(CC[C-]=O)c1)C(C)C.[Mn+2]. The standard InChI is InChI=1S/C16H21NO3.Mn/c1-12(2)17(13(3)4)16(19)20-15-9-5-7-14(11-15)8-6-10-18;/h5,9,11-13H,6,8H2,1-4H3;/q-2;+2. The maximum Gasteiger partial charge on any atom is 2.00 e. The second-order valence-corrected chi connectivity index (χ2v) is 5.16. The molecule has 0 fully saturated rings. The molecule has 0 spiro atoms. The summed E-state index contributed by atoms with van der Waals surface area (Å²) in [5, 5.41) is 0. The van der Waals surface area contributed by atoms with Gasteiger partial charge in [0.15, 0.2) is 0 Å². The number of nitrogens with zero attached hydrogens (tertiary/aromatic N) is 1. The molecule has 1 amide bonds. The largest absolute Gasteiger partial charge is 2.00 e. The van der Waals surface area contributed by atoms with Crippen LogP contribution in [0.2, 0.25) is 0 Å². The number of carbonyl (C=O) groups is 1. The van der Waals surface area contributed by atoms with Crippen LogP contribution in [-0.4, -0.2) is 29.4 Å². The van der Waals surface area contributed by atoms with Gasteiger partial charge in [0.2, 0.25) is 0 Å². The van der Waals surface area contributed by atoms with E-state index < -0.39 is 0 Å². The zero-order valence-electron chi connectivity index (χ0n) is 12.9. The molecular formula is C16H21MnNO3. The summed E-state index contributed by atoms with van der Waals surface area (Å²) in [4.78, 5) is 24.1. The first-order valence-electron chi connectivity index (χ1n) is 6.81. The minimum absolute atomic E-state index is 0. The van der Waals surface area contributed by atoms with Crippen molar-refractivity contribution < 1.29 is 31.4 Å². The first-order valence-corrected chi connectivity index (χ1v) is 6.81. The van der Waals surface area contributed by atoms with E-state index >= 15 is 0 Å². The monoisotopic (exact) mass is 330 g/mol. The number of benzene rings is 1. The minimum atomic E-state index is -0.367. The molecule has 0 aliphatic rings. The van der Waals surface area contributed by atoms with E-state index in [1.807, 2.05) is 34.0 Å². The molecule has 0 N–H and O–H groups in total. The Morgan fingerprint density at radius 1 is 1.33 bits per heavy atom. The zero-order valence-corrected chi connectivity index (χ0v) is 14.0. The summed E-state index contributed by atoms with van der Waals surface area (Å²) in [6.45, 7) is 7.80. The molecule has 1 aromatic carbocycles. The van der Waals surface area contributed by atoms with Crippen molar-refractivity contribution in [2.75, 3.05) is 0 Å². The summed E-state index contributed by atoms with van der Waals surface area (Å²) in [6, 6.07) is 8.26. The second-order valence-electron chi connectivity index (χ2n) is 5.16. The van der Waals surface area contributed by atoms with Crippen LogP contribution in [-0.2, 0) is 28.3 Å². The van der Waals surface area contributed by atoms with Gasteiger partial charge in [0.05, 0.1) is 0 Å². The fourth-order valence-corrected chi connectivity index (χ4v) is 2.06. The molecule has 115 valence electrons. The quantitative estimate of drug-likeness (QED) is 0.595. The number of carbonyl (C=O) groups excluding carboxylic acids is 2. The molecule has 1 aromatic rings. The van der Waals surface area contributed by atoms with Gasteiger partial charge in [0, 0.05) is 17.8 Å². The van der Waals surface area contributed by atoms with Gasteiger partial charge < -0.3 is 14.4 Å². The van der Waals surface area contributed by atoms with Crippen LogP contribution in [0.25, 0.3) is 0 Å². The molecule has 0 saturated carbocycles. The Morgan fingerprint density at radius 3 is 2.48 bits per heavy atom. The van der Waals surface area contributed by atoms with Gasteiger partial charge >= 0.3 is 23.2 Å². The molecule has 4 nitrogen and oxygen atoms in total. The van der Waals surface area contributed by atoms with Crippen molar-refractivity contribution in [3.05, 3.63) is 29.8 Å². The number of amides is 1. The fourth-order valence-electron chi connectivity index (χ4n) is 2.06. The number of hydrogen-bond donors (Lipinski definition) is 0. The van der Waals surface area contributed by atoms with Gasteiger partial charge in [-0.25, -0.2) is 4.79 Å². The fraction of sp³-hybridized carbons (Fsp3) is 0.500. The predicted octanol–water partition coefficient (Wildman–Crippen LogP) is 3.14. The maximum absolute atomic E-state index is 12.2. The van der Waals surface area contributed by atoms with Crippen molar-refractivity contribution in [2.45, 2.75) is 52.6 Å². The molecule has 1 radical (unpaired) electrons. The summed E-state index contributed by atoms with van der Waals surface area (Å²) >= 11 is 0. The topological polar surface area (TPSA) is 46.6 Å². The van der Waals surface area contributed by atoms with Crippen molar-refractivity contribution in [3.8, 4) is 5.75 Å². The van der Waals surface area contributed by atoms with Crippen LogP contribution in [0.3, 0.4) is 0 Å². The van der Waals surface area contributed by atoms with Gasteiger partial charge in [-0.3, -0.25) is 6.29 Å². The number of ether oxygens (including phenoxy) is 1. The Labute approximate surface area is 137 Å². The third-order valence-corrected chi connectivity index (χ3v) is 2.86. The molecule has 0 saturated heterocycles. The third-order valence-electron chi connectivity index (χ3n) is 2.86.